The monoisotopic (exact) mass is 356 g/mol. The molecule has 0 aliphatic heterocycles. The number of halogens is 1. The molecule has 0 N–H and O–H groups in total. The first-order chi connectivity index (χ1) is 12.8. The zero-order valence-electron chi connectivity index (χ0n) is 14.2. The largest absolute Gasteiger partial charge is 0.217 e. The van der Waals surface area contributed by atoms with E-state index < -0.39 is 8.23 Å². The number of hydrogen-bond donors (Lipinski definition) is 0. The lowest BCUT2D eigenvalue weighted by atomic mass is 10.1. The minimum Gasteiger partial charge on any atom is -0.217 e. The van der Waals surface area contributed by atoms with Crippen LogP contribution in [0.5, 0.6) is 0 Å². The van der Waals surface area contributed by atoms with E-state index >= 15 is 4.20 Å². The normalized spacial score (nSPS) is 10.8. The van der Waals surface area contributed by atoms with E-state index in [0.717, 1.165) is 32.9 Å². The topological polar surface area (TPSA) is 0 Å². The smallest absolute Gasteiger partial charge is 0.144 e. The lowest BCUT2D eigenvalue weighted by molar-refractivity contribution is 0.916. The van der Waals surface area contributed by atoms with Crippen molar-refractivity contribution >= 4 is 18.8 Å². The molecule has 0 heterocycles. The molecule has 4 rings (SSSR count). The third kappa shape index (κ3) is 3.59. The number of rotatable bonds is 4. The van der Waals surface area contributed by atoms with Gasteiger partial charge in [0, 0.05) is 10.6 Å². The fourth-order valence-electron chi connectivity index (χ4n) is 2.98. The molecule has 0 spiro atoms. The lowest BCUT2D eigenvalue weighted by Crippen LogP contribution is -2.08. The quantitative estimate of drug-likeness (QED) is 0.374. The second-order valence-corrected chi connectivity index (χ2v) is 7.70. The summed E-state index contributed by atoms with van der Waals surface area (Å²) < 4.78 is 15.0. The molecule has 2 heteroatoms. The third-order valence-corrected chi connectivity index (χ3v) is 5.91. The summed E-state index contributed by atoms with van der Waals surface area (Å²) >= 11 is 0. The molecule has 0 aromatic heterocycles. The van der Waals surface area contributed by atoms with E-state index in [2.05, 4.69) is 24.3 Å². The van der Waals surface area contributed by atoms with Gasteiger partial charge < -0.3 is 0 Å². The maximum absolute atomic E-state index is 15.0. The highest BCUT2D eigenvalue weighted by Gasteiger charge is 2.13. The van der Waals surface area contributed by atoms with E-state index in [4.69, 9.17) is 0 Å². The van der Waals surface area contributed by atoms with Crippen LogP contribution in [-0.4, -0.2) is 0 Å². The average molecular weight is 356 g/mol. The van der Waals surface area contributed by atoms with E-state index in [-0.39, 0.29) is 0 Å². The van der Waals surface area contributed by atoms with Gasteiger partial charge in [-0.2, -0.15) is 0 Å². The molecule has 0 unspecified atom stereocenters. The molecule has 0 aliphatic rings. The summed E-state index contributed by atoms with van der Waals surface area (Å²) in [7, 11) is -1.83. The number of hydrogen-bond acceptors (Lipinski definition) is 0. The second-order valence-electron chi connectivity index (χ2n) is 6.11. The van der Waals surface area contributed by atoms with Crippen LogP contribution in [0, 0.1) is 0 Å². The summed E-state index contributed by atoms with van der Waals surface area (Å²) in [6, 6.07) is 35.9. The molecule has 0 nitrogen and oxygen atoms in total. The van der Waals surface area contributed by atoms with Gasteiger partial charge in [0.25, 0.3) is 0 Å². The highest BCUT2D eigenvalue weighted by molar-refractivity contribution is 7.68. The van der Waals surface area contributed by atoms with Gasteiger partial charge in [-0.25, -0.2) is 4.20 Å². The maximum atomic E-state index is 15.0. The van der Waals surface area contributed by atoms with Crippen molar-refractivity contribution in [2.45, 2.75) is 0 Å². The minimum atomic E-state index is -1.83. The zero-order valence-corrected chi connectivity index (χ0v) is 15.1. The van der Waals surface area contributed by atoms with Crippen molar-refractivity contribution in [1.82, 2.24) is 0 Å². The first-order valence-electron chi connectivity index (χ1n) is 8.58. The molecule has 0 atom stereocenters. The Morgan fingerprint density at radius 1 is 0.385 bits per heavy atom. The Hall–Kier alpha value is -2.76. The lowest BCUT2D eigenvalue weighted by Gasteiger charge is -2.10. The van der Waals surface area contributed by atoms with Gasteiger partial charge in [0.2, 0.25) is 0 Å². The van der Waals surface area contributed by atoms with Crippen LogP contribution in [0.25, 0.3) is 22.3 Å². The molecule has 4 aromatic rings. The molecule has 0 saturated heterocycles. The first kappa shape index (κ1) is 16.7. The highest BCUT2D eigenvalue weighted by atomic mass is 31.2. The molecular formula is C24H18FP. The van der Waals surface area contributed by atoms with Gasteiger partial charge in [-0.15, -0.1) is 0 Å². The van der Waals surface area contributed by atoms with Gasteiger partial charge in [-0.1, -0.05) is 109 Å². The van der Waals surface area contributed by atoms with E-state index in [1.165, 1.54) is 0 Å². The molecule has 0 aliphatic carbocycles. The molecule has 0 fully saturated rings. The molecule has 0 saturated carbocycles. The molecule has 0 amide bonds. The van der Waals surface area contributed by atoms with E-state index in [1.54, 1.807) is 0 Å². The van der Waals surface area contributed by atoms with Crippen LogP contribution < -0.4 is 10.6 Å². The fraction of sp³-hybridized carbons (Fsp3) is 0. The van der Waals surface area contributed by atoms with Gasteiger partial charge in [-0.3, -0.25) is 0 Å². The van der Waals surface area contributed by atoms with Crippen molar-refractivity contribution in [1.29, 1.82) is 0 Å². The van der Waals surface area contributed by atoms with Crippen LogP contribution in [0.4, 0.5) is 4.20 Å². The second kappa shape index (κ2) is 7.64. The van der Waals surface area contributed by atoms with Gasteiger partial charge in [0.05, 0.1) is 0 Å². The third-order valence-electron chi connectivity index (χ3n) is 4.40. The summed E-state index contributed by atoms with van der Waals surface area (Å²) in [6.07, 6.45) is 0. The van der Waals surface area contributed by atoms with E-state index in [0.29, 0.717) is 0 Å². The van der Waals surface area contributed by atoms with Crippen molar-refractivity contribution in [3.8, 4) is 22.3 Å². The van der Waals surface area contributed by atoms with Crippen molar-refractivity contribution in [3.63, 3.8) is 0 Å². The Bertz CT molecular complexity index is 879. The van der Waals surface area contributed by atoms with Crippen LogP contribution in [-0.2, 0) is 0 Å². The molecular weight excluding hydrogens is 338 g/mol. The van der Waals surface area contributed by atoms with Crippen molar-refractivity contribution < 1.29 is 4.20 Å². The fourth-order valence-corrected chi connectivity index (χ4v) is 4.10. The van der Waals surface area contributed by atoms with Crippen molar-refractivity contribution in [2.24, 2.45) is 0 Å². The molecule has 26 heavy (non-hydrogen) atoms. The summed E-state index contributed by atoms with van der Waals surface area (Å²) in [5.41, 5.74) is 4.51. The van der Waals surface area contributed by atoms with Crippen LogP contribution in [0.3, 0.4) is 0 Å². The minimum absolute atomic E-state index is 0.743. The van der Waals surface area contributed by atoms with Crippen molar-refractivity contribution in [3.05, 3.63) is 109 Å². The van der Waals surface area contributed by atoms with Gasteiger partial charge >= 0.3 is 0 Å². The van der Waals surface area contributed by atoms with Crippen LogP contribution in [0.1, 0.15) is 0 Å². The Morgan fingerprint density at radius 3 is 1.04 bits per heavy atom. The summed E-state index contributed by atoms with van der Waals surface area (Å²) in [6.45, 7) is 0. The summed E-state index contributed by atoms with van der Waals surface area (Å²) in [4.78, 5) is 0. The van der Waals surface area contributed by atoms with Gasteiger partial charge in [-0.05, 0) is 22.3 Å². The Morgan fingerprint density at radius 2 is 0.692 bits per heavy atom. The predicted octanol–water partition coefficient (Wildman–Crippen LogP) is 6.34. The molecule has 126 valence electrons. The molecule has 0 radical (unpaired) electrons. The summed E-state index contributed by atoms with van der Waals surface area (Å²) in [5, 5.41) is 1.49. The molecule has 0 bridgehead atoms. The van der Waals surface area contributed by atoms with Crippen LogP contribution in [0.15, 0.2) is 109 Å². The summed E-state index contributed by atoms with van der Waals surface area (Å²) in [5.74, 6) is 0. The van der Waals surface area contributed by atoms with E-state index in [9.17, 15) is 0 Å². The average Bonchev–Trinajstić information content (AvgIpc) is 2.75. The Labute approximate surface area is 154 Å². The number of benzene rings is 4. The SMILES string of the molecule is FP(c1ccc(-c2ccccc2)cc1)c1ccc(-c2ccccc2)cc1. The maximum Gasteiger partial charge on any atom is 0.144 e. The van der Waals surface area contributed by atoms with Crippen molar-refractivity contribution in [2.75, 3.05) is 0 Å². The van der Waals surface area contributed by atoms with E-state index in [1.807, 2.05) is 84.9 Å². The van der Waals surface area contributed by atoms with Crippen LogP contribution >= 0.6 is 8.23 Å². The standard InChI is InChI=1S/C24H18FP/c25-26(23-15-11-21(12-16-23)19-7-3-1-4-8-19)24-17-13-22(14-18-24)20-9-5-2-6-10-20/h1-18H. The molecule has 4 aromatic carbocycles. The zero-order chi connectivity index (χ0) is 17.8. The van der Waals surface area contributed by atoms with Crippen LogP contribution in [0.2, 0.25) is 0 Å². The highest BCUT2D eigenvalue weighted by Crippen LogP contribution is 2.36. The van der Waals surface area contributed by atoms with Gasteiger partial charge in [0.15, 0.2) is 0 Å². The predicted molar refractivity (Wildman–Crippen MR) is 111 cm³/mol. The first-order valence-corrected chi connectivity index (χ1v) is 9.81. The Balaban J connectivity index is 1.55. The Kier molecular flexibility index (Phi) is 4.91. The van der Waals surface area contributed by atoms with Gasteiger partial charge in [0.1, 0.15) is 8.23 Å².